The van der Waals surface area contributed by atoms with E-state index in [4.69, 9.17) is 0 Å². The van der Waals surface area contributed by atoms with Gasteiger partial charge in [-0.3, -0.25) is 0 Å². The van der Waals surface area contributed by atoms with E-state index in [9.17, 15) is 0 Å². The molecule has 218 valence electrons. The van der Waals surface area contributed by atoms with E-state index in [-0.39, 0.29) is 0 Å². The normalized spacial score (nSPS) is 12.6. The molecule has 0 amide bonds. The lowest BCUT2D eigenvalue weighted by atomic mass is 9.91. The van der Waals surface area contributed by atoms with Gasteiger partial charge in [0, 0.05) is 0 Å². The number of benzene rings is 10. The van der Waals surface area contributed by atoms with Crippen molar-refractivity contribution in [1.82, 2.24) is 0 Å². The molecule has 0 unspecified atom stereocenters. The van der Waals surface area contributed by atoms with Crippen LogP contribution in [-0.2, 0) is 0 Å². The van der Waals surface area contributed by atoms with Crippen molar-refractivity contribution in [2.75, 3.05) is 0 Å². The predicted molar refractivity (Wildman–Crippen MR) is 206 cm³/mol. The van der Waals surface area contributed by atoms with E-state index in [0.29, 0.717) is 0 Å². The maximum Gasteiger partial charge on any atom is -0.00139 e. The van der Waals surface area contributed by atoms with Crippen molar-refractivity contribution in [2.45, 2.75) is 0 Å². The Bertz CT molecular complexity index is 2860. The first-order valence-electron chi connectivity index (χ1n) is 16.8. The van der Waals surface area contributed by atoms with Crippen molar-refractivity contribution in [1.29, 1.82) is 0 Å². The highest BCUT2D eigenvalue weighted by Gasteiger charge is 2.23. The number of fused-ring (bicyclic) bond motifs is 2. The van der Waals surface area contributed by atoms with Crippen molar-refractivity contribution in [3.8, 4) is 55.6 Å². The monoisotopic (exact) mass is 602 g/mol. The van der Waals surface area contributed by atoms with E-state index in [2.05, 4.69) is 158 Å². The lowest BCUT2D eigenvalue weighted by Gasteiger charge is -2.12. The standard InChI is InChI=1S/C48H26/c1-3-31-15-17-33-19-21-39-35(23-25-41-37(5-1)43(31)45(33)47(39)41)29-11-7-27(8-12-29)28-9-13-30(14-10-28)36-24-26-42-38-6-2-4-32-16-18-34-20-22-40(36)48(42)46(34)44(32)38/h1-26H. The summed E-state index contributed by atoms with van der Waals surface area (Å²) in [7, 11) is 0. The second-order valence-corrected chi connectivity index (χ2v) is 13.6. The van der Waals surface area contributed by atoms with Gasteiger partial charge in [0.15, 0.2) is 0 Å². The molecule has 0 atom stereocenters. The fourth-order valence-electron chi connectivity index (χ4n) is 9.16. The molecule has 0 heterocycles. The van der Waals surface area contributed by atoms with Crippen LogP contribution in [0.5, 0.6) is 0 Å². The highest BCUT2D eigenvalue weighted by atomic mass is 14.3. The SMILES string of the molecule is c1cc2c3c(c1)ccc1ccc4c(-c5ccc(-c6ccc(-c7ccc8c9c7ccc7ccc%10cccc-8c%10c79)cc6)cc5)ccc-2c4c13. The molecular formula is C48H26. The number of hydrogen-bond acceptors (Lipinski definition) is 0. The van der Waals surface area contributed by atoms with Gasteiger partial charge in [0.25, 0.3) is 0 Å². The average Bonchev–Trinajstić information content (AvgIpc) is 3.69. The maximum absolute atomic E-state index is 2.33. The van der Waals surface area contributed by atoms with E-state index >= 15 is 0 Å². The van der Waals surface area contributed by atoms with Crippen LogP contribution in [-0.4, -0.2) is 0 Å². The Labute approximate surface area is 277 Å². The molecule has 2 aliphatic carbocycles. The van der Waals surface area contributed by atoms with Crippen LogP contribution in [0, 0.1) is 0 Å². The molecule has 2 aliphatic rings. The molecule has 0 saturated carbocycles. The number of rotatable bonds is 3. The second-order valence-electron chi connectivity index (χ2n) is 13.6. The van der Waals surface area contributed by atoms with Crippen LogP contribution in [0.2, 0.25) is 0 Å². The van der Waals surface area contributed by atoms with Crippen molar-refractivity contribution in [3.05, 3.63) is 158 Å². The Kier molecular flexibility index (Phi) is 4.55. The average molecular weight is 603 g/mol. The lowest BCUT2D eigenvalue weighted by Crippen LogP contribution is -1.86. The number of hydrogen-bond donors (Lipinski definition) is 0. The van der Waals surface area contributed by atoms with Gasteiger partial charge in [-0.15, -0.1) is 0 Å². The van der Waals surface area contributed by atoms with E-state index in [1.807, 2.05) is 0 Å². The third kappa shape index (κ3) is 3.06. The zero-order valence-corrected chi connectivity index (χ0v) is 26.0. The summed E-state index contributed by atoms with van der Waals surface area (Å²) in [6, 6.07) is 59.3. The van der Waals surface area contributed by atoms with E-state index < -0.39 is 0 Å². The smallest absolute Gasteiger partial charge is 0.00139 e. The first-order chi connectivity index (χ1) is 23.8. The molecule has 0 aliphatic heterocycles. The Balaban J connectivity index is 0.929. The van der Waals surface area contributed by atoms with Gasteiger partial charge in [-0.05, 0) is 120 Å². The summed E-state index contributed by atoms with van der Waals surface area (Å²) in [5.41, 5.74) is 13.0. The van der Waals surface area contributed by atoms with Gasteiger partial charge >= 0.3 is 0 Å². The van der Waals surface area contributed by atoms with Crippen LogP contribution in [0.3, 0.4) is 0 Å². The molecule has 0 fully saturated rings. The summed E-state index contributed by atoms with van der Waals surface area (Å²) in [6.07, 6.45) is 0. The van der Waals surface area contributed by atoms with Gasteiger partial charge < -0.3 is 0 Å². The Morgan fingerprint density at radius 1 is 0.188 bits per heavy atom. The summed E-state index contributed by atoms with van der Waals surface area (Å²) in [5, 5.41) is 16.4. The Hall–Kier alpha value is -6.24. The van der Waals surface area contributed by atoms with Gasteiger partial charge in [-0.1, -0.05) is 158 Å². The van der Waals surface area contributed by atoms with Crippen molar-refractivity contribution in [2.24, 2.45) is 0 Å². The van der Waals surface area contributed by atoms with Crippen molar-refractivity contribution in [3.63, 3.8) is 0 Å². The van der Waals surface area contributed by atoms with Crippen LogP contribution >= 0.6 is 0 Å². The maximum atomic E-state index is 2.33. The van der Waals surface area contributed by atoms with Gasteiger partial charge in [0.2, 0.25) is 0 Å². The molecule has 10 aromatic rings. The molecule has 0 aromatic heterocycles. The minimum absolute atomic E-state index is 1.23. The lowest BCUT2D eigenvalue weighted by molar-refractivity contribution is 1.60. The quantitative estimate of drug-likeness (QED) is 0.177. The van der Waals surface area contributed by atoms with Gasteiger partial charge in [-0.25, -0.2) is 0 Å². The van der Waals surface area contributed by atoms with Crippen molar-refractivity contribution < 1.29 is 0 Å². The molecule has 0 bridgehead atoms. The molecule has 12 rings (SSSR count). The van der Waals surface area contributed by atoms with E-state index in [1.54, 1.807) is 0 Å². The molecule has 0 radical (unpaired) electrons. The second kappa shape index (κ2) is 8.76. The minimum Gasteiger partial charge on any atom is -0.0610 e. The summed E-state index contributed by atoms with van der Waals surface area (Å²) >= 11 is 0. The fraction of sp³-hybridized carbons (Fsp3) is 0. The van der Waals surface area contributed by atoms with Crippen LogP contribution in [0.1, 0.15) is 0 Å². The van der Waals surface area contributed by atoms with E-state index in [0.717, 1.165) is 0 Å². The van der Waals surface area contributed by atoms with Gasteiger partial charge in [0.1, 0.15) is 0 Å². The molecular weight excluding hydrogens is 577 g/mol. The molecule has 48 heavy (non-hydrogen) atoms. The van der Waals surface area contributed by atoms with E-state index in [1.165, 1.54) is 120 Å². The molecule has 0 spiro atoms. The Morgan fingerprint density at radius 3 is 0.958 bits per heavy atom. The van der Waals surface area contributed by atoms with Crippen LogP contribution in [0.15, 0.2) is 158 Å². The largest absolute Gasteiger partial charge is 0.0610 e. The zero-order valence-electron chi connectivity index (χ0n) is 26.0. The minimum atomic E-state index is 1.23. The molecule has 0 saturated heterocycles. The van der Waals surface area contributed by atoms with Crippen LogP contribution in [0.25, 0.3) is 120 Å². The Morgan fingerprint density at radius 2 is 0.521 bits per heavy atom. The molecule has 0 nitrogen and oxygen atoms in total. The highest BCUT2D eigenvalue weighted by Crippen LogP contribution is 2.51. The summed E-state index contributed by atoms with van der Waals surface area (Å²) in [4.78, 5) is 0. The predicted octanol–water partition coefficient (Wildman–Crippen LogP) is 13.6. The summed E-state index contributed by atoms with van der Waals surface area (Å²) in [6.45, 7) is 0. The molecule has 10 aromatic carbocycles. The van der Waals surface area contributed by atoms with Crippen molar-refractivity contribution >= 4 is 64.6 Å². The summed E-state index contributed by atoms with van der Waals surface area (Å²) in [5.74, 6) is 0. The van der Waals surface area contributed by atoms with Crippen LogP contribution in [0.4, 0.5) is 0 Å². The van der Waals surface area contributed by atoms with Crippen LogP contribution < -0.4 is 0 Å². The highest BCUT2D eigenvalue weighted by molar-refractivity contribution is 6.35. The molecule has 0 N–H and O–H groups in total. The third-order valence-corrected chi connectivity index (χ3v) is 11.3. The van der Waals surface area contributed by atoms with Gasteiger partial charge in [0.05, 0.1) is 0 Å². The topological polar surface area (TPSA) is 0 Å². The zero-order chi connectivity index (χ0) is 31.1. The first-order valence-corrected chi connectivity index (χ1v) is 16.8. The third-order valence-electron chi connectivity index (χ3n) is 11.3. The molecule has 0 heteroatoms. The summed E-state index contributed by atoms with van der Waals surface area (Å²) < 4.78 is 0. The van der Waals surface area contributed by atoms with Gasteiger partial charge in [-0.2, -0.15) is 0 Å². The fourth-order valence-corrected chi connectivity index (χ4v) is 9.16. The first kappa shape index (κ1) is 24.9.